The van der Waals surface area contributed by atoms with Gasteiger partial charge in [0.2, 0.25) is 0 Å². The minimum Gasteiger partial charge on any atom is -0.388 e. The van der Waals surface area contributed by atoms with Crippen LogP contribution in [0.4, 0.5) is 0 Å². The van der Waals surface area contributed by atoms with Crippen LogP contribution in [0.3, 0.4) is 0 Å². The van der Waals surface area contributed by atoms with Gasteiger partial charge in [0.15, 0.2) is 0 Å². The second-order valence-electron chi connectivity index (χ2n) is 5.12. The molecular formula is C11H20N2O. The Kier molecular flexibility index (Phi) is 3.00. The van der Waals surface area contributed by atoms with Crippen molar-refractivity contribution in [1.82, 2.24) is 9.78 Å². The van der Waals surface area contributed by atoms with Crippen LogP contribution in [0.1, 0.15) is 44.6 Å². The van der Waals surface area contributed by atoms with E-state index in [4.69, 9.17) is 0 Å². The zero-order valence-electron chi connectivity index (χ0n) is 9.70. The van der Waals surface area contributed by atoms with Gasteiger partial charge in [-0.1, -0.05) is 20.8 Å². The van der Waals surface area contributed by atoms with Gasteiger partial charge in [0, 0.05) is 18.8 Å². The molecule has 0 amide bonds. The maximum absolute atomic E-state index is 10.00. The van der Waals surface area contributed by atoms with E-state index >= 15 is 0 Å². The number of rotatable bonds is 2. The molecule has 1 heterocycles. The number of hydrogen-bond donors (Lipinski definition) is 1. The first-order chi connectivity index (χ1) is 6.29. The fourth-order valence-corrected chi connectivity index (χ4v) is 1.64. The van der Waals surface area contributed by atoms with E-state index in [1.54, 1.807) is 4.68 Å². The maximum Gasteiger partial charge on any atom is 0.0828 e. The Labute approximate surface area is 85.8 Å². The summed E-state index contributed by atoms with van der Waals surface area (Å²) >= 11 is 0. The largest absolute Gasteiger partial charge is 0.388 e. The summed E-state index contributed by atoms with van der Waals surface area (Å²) < 4.78 is 1.75. The number of aryl methyl sites for hydroxylation is 2. The third-order valence-corrected chi connectivity index (χ3v) is 2.22. The van der Waals surface area contributed by atoms with E-state index in [2.05, 4.69) is 25.9 Å². The standard InChI is InChI=1S/C11H20N2O/c1-8-9(7-13(5)12-8)10(14)6-11(2,3)4/h7,10,14H,6H2,1-5H3. The molecule has 0 aliphatic heterocycles. The van der Waals surface area contributed by atoms with Crippen LogP contribution >= 0.6 is 0 Å². The van der Waals surface area contributed by atoms with E-state index < -0.39 is 6.10 Å². The molecule has 0 saturated heterocycles. The normalized spacial score (nSPS) is 14.4. The van der Waals surface area contributed by atoms with Crippen molar-refractivity contribution in [2.45, 2.75) is 40.2 Å². The third-order valence-electron chi connectivity index (χ3n) is 2.22. The topological polar surface area (TPSA) is 38.0 Å². The molecule has 1 rings (SSSR count). The summed E-state index contributed by atoms with van der Waals surface area (Å²) in [6, 6.07) is 0. The van der Waals surface area contributed by atoms with Crippen LogP contribution in [-0.4, -0.2) is 14.9 Å². The van der Waals surface area contributed by atoms with E-state index in [1.807, 2.05) is 20.2 Å². The van der Waals surface area contributed by atoms with Crippen molar-refractivity contribution >= 4 is 0 Å². The van der Waals surface area contributed by atoms with Crippen molar-refractivity contribution in [1.29, 1.82) is 0 Å². The molecule has 3 nitrogen and oxygen atoms in total. The minimum atomic E-state index is -0.399. The van der Waals surface area contributed by atoms with Gasteiger partial charge in [-0.15, -0.1) is 0 Å². The summed E-state index contributed by atoms with van der Waals surface area (Å²) in [6.45, 7) is 8.31. The smallest absolute Gasteiger partial charge is 0.0828 e. The number of aliphatic hydroxyl groups excluding tert-OH is 1. The zero-order valence-corrected chi connectivity index (χ0v) is 9.70. The molecule has 0 fully saturated rings. The van der Waals surface area contributed by atoms with Crippen LogP contribution in [0.25, 0.3) is 0 Å². The average Bonchev–Trinajstić information content (AvgIpc) is 2.26. The molecule has 0 spiro atoms. The number of aliphatic hydroxyl groups is 1. The summed E-state index contributed by atoms with van der Waals surface area (Å²) in [7, 11) is 1.88. The quantitative estimate of drug-likeness (QED) is 0.787. The van der Waals surface area contributed by atoms with Crippen LogP contribution in [0.5, 0.6) is 0 Å². The highest BCUT2D eigenvalue weighted by Gasteiger charge is 2.20. The van der Waals surface area contributed by atoms with E-state index in [1.165, 1.54) is 0 Å². The molecule has 0 aromatic carbocycles. The second-order valence-corrected chi connectivity index (χ2v) is 5.12. The average molecular weight is 196 g/mol. The highest BCUT2D eigenvalue weighted by molar-refractivity contribution is 5.18. The Morgan fingerprint density at radius 3 is 2.43 bits per heavy atom. The molecule has 80 valence electrons. The van der Waals surface area contributed by atoms with Crippen molar-refractivity contribution < 1.29 is 5.11 Å². The Hall–Kier alpha value is -0.830. The fraction of sp³-hybridized carbons (Fsp3) is 0.727. The fourth-order valence-electron chi connectivity index (χ4n) is 1.64. The predicted octanol–water partition coefficient (Wildman–Crippen LogP) is 2.20. The Balaban J connectivity index is 2.79. The first kappa shape index (κ1) is 11.2. The van der Waals surface area contributed by atoms with Gasteiger partial charge in [-0.3, -0.25) is 4.68 Å². The van der Waals surface area contributed by atoms with E-state index in [0.717, 1.165) is 17.7 Å². The lowest BCUT2D eigenvalue weighted by Gasteiger charge is -2.21. The molecule has 1 aromatic rings. The van der Waals surface area contributed by atoms with Gasteiger partial charge in [-0.2, -0.15) is 5.10 Å². The molecule has 1 unspecified atom stereocenters. The Bertz CT molecular complexity index is 310. The SMILES string of the molecule is Cc1nn(C)cc1C(O)CC(C)(C)C. The monoisotopic (exact) mass is 196 g/mol. The second kappa shape index (κ2) is 3.73. The molecule has 0 radical (unpaired) electrons. The molecule has 1 aromatic heterocycles. The number of hydrogen-bond acceptors (Lipinski definition) is 2. The van der Waals surface area contributed by atoms with Gasteiger partial charge in [0.05, 0.1) is 11.8 Å². The molecule has 1 atom stereocenters. The van der Waals surface area contributed by atoms with Crippen molar-refractivity contribution in [2.75, 3.05) is 0 Å². The van der Waals surface area contributed by atoms with E-state index in [0.29, 0.717) is 0 Å². The predicted molar refractivity (Wildman–Crippen MR) is 57.0 cm³/mol. The van der Waals surface area contributed by atoms with Gasteiger partial charge < -0.3 is 5.11 Å². The van der Waals surface area contributed by atoms with Crippen LogP contribution in [-0.2, 0) is 7.05 Å². The van der Waals surface area contributed by atoms with Crippen molar-refractivity contribution in [3.05, 3.63) is 17.5 Å². The van der Waals surface area contributed by atoms with E-state index in [-0.39, 0.29) is 5.41 Å². The van der Waals surface area contributed by atoms with Crippen molar-refractivity contribution in [3.8, 4) is 0 Å². The lowest BCUT2D eigenvalue weighted by Crippen LogP contribution is -2.11. The molecule has 0 saturated carbocycles. The summed E-state index contributed by atoms with van der Waals surface area (Å²) in [5.41, 5.74) is 2.01. The summed E-state index contributed by atoms with van der Waals surface area (Å²) in [6.07, 6.45) is 2.26. The van der Waals surface area contributed by atoms with Gasteiger partial charge in [0.1, 0.15) is 0 Å². The first-order valence-corrected chi connectivity index (χ1v) is 4.98. The minimum absolute atomic E-state index is 0.141. The van der Waals surface area contributed by atoms with Crippen LogP contribution < -0.4 is 0 Å². The van der Waals surface area contributed by atoms with Gasteiger partial charge >= 0.3 is 0 Å². The van der Waals surface area contributed by atoms with Crippen LogP contribution in [0.2, 0.25) is 0 Å². The first-order valence-electron chi connectivity index (χ1n) is 4.98. The third kappa shape index (κ3) is 2.84. The summed E-state index contributed by atoms with van der Waals surface area (Å²) in [5.74, 6) is 0. The summed E-state index contributed by atoms with van der Waals surface area (Å²) in [5, 5.41) is 14.2. The molecule has 0 bridgehead atoms. The number of nitrogens with zero attached hydrogens (tertiary/aromatic N) is 2. The zero-order chi connectivity index (χ0) is 10.9. The van der Waals surface area contributed by atoms with Gasteiger partial charge in [-0.25, -0.2) is 0 Å². The molecule has 0 aliphatic carbocycles. The molecule has 3 heteroatoms. The molecular weight excluding hydrogens is 176 g/mol. The molecule has 0 aliphatic rings. The van der Waals surface area contributed by atoms with Crippen molar-refractivity contribution in [2.24, 2.45) is 12.5 Å². The highest BCUT2D eigenvalue weighted by Crippen LogP contribution is 2.30. The highest BCUT2D eigenvalue weighted by atomic mass is 16.3. The molecule has 1 N–H and O–H groups in total. The van der Waals surface area contributed by atoms with Crippen molar-refractivity contribution in [3.63, 3.8) is 0 Å². The lowest BCUT2D eigenvalue weighted by molar-refractivity contribution is 0.122. The van der Waals surface area contributed by atoms with Gasteiger partial charge in [0.25, 0.3) is 0 Å². The Morgan fingerprint density at radius 1 is 1.50 bits per heavy atom. The summed E-state index contributed by atoms with van der Waals surface area (Å²) in [4.78, 5) is 0. The molecule has 14 heavy (non-hydrogen) atoms. The lowest BCUT2D eigenvalue weighted by atomic mass is 9.87. The van der Waals surface area contributed by atoms with Gasteiger partial charge in [-0.05, 0) is 18.8 Å². The van der Waals surface area contributed by atoms with Crippen LogP contribution in [0, 0.1) is 12.3 Å². The van der Waals surface area contributed by atoms with Crippen LogP contribution in [0.15, 0.2) is 6.20 Å². The number of aromatic nitrogens is 2. The Morgan fingerprint density at radius 2 is 2.07 bits per heavy atom. The maximum atomic E-state index is 10.00. The van der Waals surface area contributed by atoms with E-state index in [9.17, 15) is 5.11 Å².